The van der Waals surface area contributed by atoms with Crippen molar-refractivity contribution >= 4 is 0 Å². The van der Waals surface area contributed by atoms with E-state index in [1.54, 1.807) is 0 Å². The van der Waals surface area contributed by atoms with Crippen LogP contribution in [0, 0.1) is 11.3 Å². The molecule has 2 heterocycles. The topological polar surface area (TPSA) is 15.3 Å². The Bertz CT molecular complexity index is 280. The van der Waals surface area contributed by atoms with Crippen LogP contribution >= 0.6 is 0 Å². The van der Waals surface area contributed by atoms with Crippen molar-refractivity contribution in [1.82, 2.24) is 10.2 Å². The third kappa shape index (κ3) is 3.98. The van der Waals surface area contributed by atoms with E-state index < -0.39 is 0 Å². The number of hydrogen-bond donors (Lipinski definition) is 1. The van der Waals surface area contributed by atoms with Crippen LogP contribution in [0.3, 0.4) is 0 Å². The highest BCUT2D eigenvalue weighted by atomic mass is 15.2. The normalized spacial score (nSPS) is 33.1. The molecule has 0 radical (unpaired) electrons. The number of hydrogen-bond acceptors (Lipinski definition) is 2. The predicted octanol–water partition coefficient (Wildman–Crippen LogP) is 4.05. The zero-order valence-electron chi connectivity index (χ0n) is 14.4. The van der Waals surface area contributed by atoms with Gasteiger partial charge in [-0.15, -0.1) is 0 Å². The minimum Gasteiger partial charge on any atom is -0.314 e. The second-order valence-electron chi connectivity index (χ2n) is 8.32. The van der Waals surface area contributed by atoms with Gasteiger partial charge in [0.2, 0.25) is 0 Å². The van der Waals surface area contributed by atoms with Crippen LogP contribution in [0.1, 0.15) is 73.1 Å². The molecule has 2 fully saturated rings. The first-order valence-corrected chi connectivity index (χ1v) is 8.91. The summed E-state index contributed by atoms with van der Waals surface area (Å²) >= 11 is 0. The second kappa shape index (κ2) is 6.79. The molecule has 0 saturated carbocycles. The highest BCUT2D eigenvalue weighted by Gasteiger charge is 2.39. The van der Waals surface area contributed by atoms with Gasteiger partial charge in [-0.25, -0.2) is 0 Å². The highest BCUT2D eigenvalue weighted by Crippen LogP contribution is 2.37. The van der Waals surface area contributed by atoms with E-state index in [1.807, 2.05) is 0 Å². The molecule has 0 aliphatic carbocycles. The molecule has 0 aromatic heterocycles. The summed E-state index contributed by atoms with van der Waals surface area (Å²) in [7, 11) is 0. The maximum Gasteiger partial charge on any atom is 0.0113 e. The average molecular weight is 280 g/mol. The summed E-state index contributed by atoms with van der Waals surface area (Å²) in [5.41, 5.74) is 0.436. The molecule has 0 aromatic carbocycles. The van der Waals surface area contributed by atoms with Crippen molar-refractivity contribution in [2.24, 2.45) is 11.3 Å². The van der Waals surface area contributed by atoms with E-state index in [2.05, 4.69) is 44.8 Å². The Kier molecular flexibility index (Phi) is 5.53. The van der Waals surface area contributed by atoms with Crippen LogP contribution < -0.4 is 5.32 Å². The monoisotopic (exact) mass is 280 g/mol. The van der Waals surface area contributed by atoms with Gasteiger partial charge in [-0.3, -0.25) is 4.90 Å². The zero-order chi connectivity index (χ0) is 14.8. The van der Waals surface area contributed by atoms with E-state index in [0.717, 1.165) is 24.0 Å². The smallest absolute Gasteiger partial charge is 0.0113 e. The Morgan fingerprint density at radius 2 is 1.75 bits per heavy atom. The van der Waals surface area contributed by atoms with E-state index >= 15 is 0 Å². The molecule has 2 heteroatoms. The molecular weight excluding hydrogens is 244 g/mol. The van der Waals surface area contributed by atoms with Crippen molar-refractivity contribution in [2.75, 3.05) is 13.1 Å². The number of fused-ring (bicyclic) bond motifs is 2. The molecule has 2 nitrogen and oxygen atoms in total. The Hall–Kier alpha value is -0.0800. The lowest BCUT2D eigenvalue weighted by Gasteiger charge is -2.51. The van der Waals surface area contributed by atoms with E-state index in [9.17, 15) is 0 Å². The summed E-state index contributed by atoms with van der Waals surface area (Å²) in [5, 5.41) is 3.78. The van der Waals surface area contributed by atoms with Crippen molar-refractivity contribution < 1.29 is 0 Å². The Morgan fingerprint density at radius 3 is 2.25 bits per heavy atom. The molecule has 118 valence electrons. The largest absolute Gasteiger partial charge is 0.314 e. The van der Waals surface area contributed by atoms with Gasteiger partial charge in [0.25, 0.3) is 0 Å². The molecule has 2 bridgehead atoms. The molecule has 2 aliphatic rings. The van der Waals surface area contributed by atoms with Gasteiger partial charge >= 0.3 is 0 Å². The molecular formula is C18H36N2. The van der Waals surface area contributed by atoms with Crippen LogP contribution in [0.15, 0.2) is 0 Å². The second-order valence-corrected chi connectivity index (χ2v) is 8.32. The van der Waals surface area contributed by atoms with Crippen LogP contribution in [0.25, 0.3) is 0 Å². The Labute approximate surface area is 126 Å². The third-order valence-electron chi connectivity index (χ3n) is 5.77. The van der Waals surface area contributed by atoms with Gasteiger partial charge in [-0.1, -0.05) is 41.0 Å². The maximum atomic E-state index is 3.78. The van der Waals surface area contributed by atoms with Gasteiger partial charge in [-0.2, -0.15) is 0 Å². The van der Waals surface area contributed by atoms with Crippen molar-refractivity contribution in [1.29, 1.82) is 0 Å². The summed E-state index contributed by atoms with van der Waals surface area (Å²) in [6.45, 7) is 14.4. The first kappa shape index (κ1) is 16.3. The van der Waals surface area contributed by atoms with Crippen molar-refractivity contribution in [3.8, 4) is 0 Å². The van der Waals surface area contributed by atoms with E-state index in [-0.39, 0.29) is 0 Å². The fourth-order valence-electron chi connectivity index (χ4n) is 3.88. The first-order chi connectivity index (χ1) is 9.41. The van der Waals surface area contributed by atoms with Gasteiger partial charge in [0.15, 0.2) is 0 Å². The number of nitrogens with one attached hydrogen (secondary N) is 1. The van der Waals surface area contributed by atoms with Crippen molar-refractivity contribution in [3.63, 3.8) is 0 Å². The molecule has 0 amide bonds. The van der Waals surface area contributed by atoms with Crippen LogP contribution in [0.5, 0.6) is 0 Å². The minimum atomic E-state index is 0.436. The van der Waals surface area contributed by atoms with Crippen molar-refractivity contribution in [2.45, 2.75) is 91.3 Å². The van der Waals surface area contributed by atoms with E-state index in [1.165, 1.54) is 51.6 Å². The van der Waals surface area contributed by atoms with Gasteiger partial charge in [-0.05, 0) is 50.0 Å². The van der Waals surface area contributed by atoms with E-state index in [4.69, 9.17) is 0 Å². The number of nitrogens with zero attached hydrogens (tertiary/aromatic N) is 1. The minimum absolute atomic E-state index is 0.436. The average Bonchev–Trinajstić information content (AvgIpc) is 2.35. The third-order valence-corrected chi connectivity index (χ3v) is 5.77. The molecule has 0 spiro atoms. The molecule has 1 N–H and O–H groups in total. The number of rotatable bonds is 5. The zero-order valence-corrected chi connectivity index (χ0v) is 14.4. The van der Waals surface area contributed by atoms with Crippen molar-refractivity contribution in [3.05, 3.63) is 0 Å². The summed E-state index contributed by atoms with van der Waals surface area (Å²) in [5.74, 6) is 0.783. The molecule has 2 rings (SSSR count). The fourth-order valence-corrected chi connectivity index (χ4v) is 3.88. The SMILES string of the molecule is CCCNC1CC2CCCC(C1)N2CC(C)C(C)(C)C. The van der Waals surface area contributed by atoms with Crippen LogP contribution in [-0.2, 0) is 0 Å². The van der Waals surface area contributed by atoms with Gasteiger partial charge < -0.3 is 5.32 Å². The summed E-state index contributed by atoms with van der Waals surface area (Å²) in [6.07, 6.45) is 8.34. The van der Waals surface area contributed by atoms with Gasteiger partial charge in [0, 0.05) is 24.7 Å². The predicted molar refractivity (Wildman–Crippen MR) is 88.1 cm³/mol. The molecule has 3 unspecified atom stereocenters. The Balaban J connectivity index is 1.94. The number of piperidine rings is 2. The maximum absolute atomic E-state index is 3.78. The van der Waals surface area contributed by atoms with E-state index in [0.29, 0.717) is 5.41 Å². The van der Waals surface area contributed by atoms with Gasteiger partial charge in [0.05, 0.1) is 0 Å². The fraction of sp³-hybridized carbons (Fsp3) is 1.00. The molecule has 2 saturated heterocycles. The summed E-state index contributed by atoms with van der Waals surface area (Å²) in [6, 6.07) is 2.48. The molecule has 0 aromatic rings. The molecule has 2 aliphatic heterocycles. The quantitative estimate of drug-likeness (QED) is 0.817. The van der Waals surface area contributed by atoms with Crippen LogP contribution in [-0.4, -0.2) is 36.1 Å². The van der Waals surface area contributed by atoms with Crippen LogP contribution in [0.4, 0.5) is 0 Å². The van der Waals surface area contributed by atoms with Crippen LogP contribution in [0.2, 0.25) is 0 Å². The highest BCUT2D eigenvalue weighted by molar-refractivity contribution is 4.96. The lowest BCUT2D eigenvalue weighted by Crippen LogP contribution is -2.57. The molecule has 3 atom stereocenters. The molecule has 20 heavy (non-hydrogen) atoms. The standard InChI is InChI=1S/C18H36N2/c1-6-10-19-15-11-16-8-7-9-17(12-15)20(16)13-14(2)18(3,4)5/h14-17,19H,6-13H2,1-5H3. The first-order valence-electron chi connectivity index (χ1n) is 8.91. The summed E-state index contributed by atoms with van der Waals surface area (Å²) in [4.78, 5) is 2.88. The lowest BCUT2D eigenvalue weighted by atomic mass is 9.77. The van der Waals surface area contributed by atoms with Gasteiger partial charge in [0.1, 0.15) is 0 Å². The Morgan fingerprint density at radius 1 is 1.15 bits per heavy atom. The summed E-state index contributed by atoms with van der Waals surface area (Å²) < 4.78 is 0. The lowest BCUT2D eigenvalue weighted by molar-refractivity contribution is 0.000626.